The highest BCUT2D eigenvalue weighted by atomic mass is 16.6. The van der Waals surface area contributed by atoms with Gasteiger partial charge in [0.2, 0.25) is 0 Å². The van der Waals surface area contributed by atoms with Gasteiger partial charge in [-0.2, -0.15) is 0 Å². The van der Waals surface area contributed by atoms with E-state index < -0.39 is 17.5 Å². The number of nitrogens with zero attached hydrogens (tertiary/aromatic N) is 1. The Bertz CT molecular complexity index is 330. The van der Waals surface area contributed by atoms with Crippen LogP contribution in [-0.4, -0.2) is 41.8 Å². The van der Waals surface area contributed by atoms with E-state index in [9.17, 15) is 14.7 Å². The van der Waals surface area contributed by atoms with Gasteiger partial charge in [0.15, 0.2) is 0 Å². The van der Waals surface area contributed by atoms with Gasteiger partial charge in [0.05, 0.1) is 5.41 Å². The van der Waals surface area contributed by atoms with Crippen LogP contribution < -0.4 is 0 Å². The average Bonchev–Trinajstić information content (AvgIpc) is 2.35. The van der Waals surface area contributed by atoms with E-state index in [4.69, 9.17) is 4.74 Å². The first-order valence-corrected chi connectivity index (χ1v) is 6.20. The largest absolute Gasteiger partial charge is 0.481 e. The lowest BCUT2D eigenvalue weighted by Gasteiger charge is -2.40. The zero-order valence-corrected chi connectivity index (χ0v) is 11.0. The molecule has 0 aromatic rings. The van der Waals surface area contributed by atoms with Crippen molar-refractivity contribution in [2.75, 3.05) is 19.7 Å². The van der Waals surface area contributed by atoms with Crippen LogP contribution in [0.1, 0.15) is 26.7 Å². The van der Waals surface area contributed by atoms with Crippen LogP contribution >= 0.6 is 0 Å². The molecule has 1 heterocycles. The van der Waals surface area contributed by atoms with Crippen molar-refractivity contribution in [2.24, 2.45) is 11.3 Å². The maximum atomic E-state index is 11.6. The van der Waals surface area contributed by atoms with Crippen LogP contribution in [0.15, 0.2) is 12.7 Å². The second-order valence-electron chi connectivity index (χ2n) is 4.97. The molecule has 0 aromatic heterocycles. The lowest BCUT2D eigenvalue weighted by molar-refractivity contribution is -0.155. The molecule has 1 fully saturated rings. The molecule has 0 bridgehead atoms. The average molecular weight is 255 g/mol. The first-order chi connectivity index (χ1) is 8.44. The summed E-state index contributed by atoms with van der Waals surface area (Å²) in [7, 11) is 0. The van der Waals surface area contributed by atoms with Gasteiger partial charge in [0, 0.05) is 13.1 Å². The third kappa shape index (κ3) is 2.83. The van der Waals surface area contributed by atoms with Crippen LogP contribution in [-0.2, 0) is 9.53 Å². The number of hydrogen-bond donors (Lipinski definition) is 1. The number of ether oxygens (including phenoxy) is 1. The molecule has 0 unspecified atom stereocenters. The summed E-state index contributed by atoms with van der Waals surface area (Å²) in [6.07, 6.45) is 2.07. The highest BCUT2D eigenvalue weighted by molar-refractivity contribution is 5.76. The number of amides is 1. The molecule has 1 amide bonds. The molecule has 0 saturated carbocycles. The maximum absolute atomic E-state index is 11.6. The number of carboxylic acid groups (broad SMARTS) is 1. The first kappa shape index (κ1) is 14.5. The molecule has 0 aliphatic carbocycles. The highest BCUT2D eigenvalue weighted by Crippen LogP contribution is 2.39. The molecule has 102 valence electrons. The van der Waals surface area contributed by atoms with Crippen molar-refractivity contribution in [2.45, 2.75) is 26.7 Å². The fourth-order valence-electron chi connectivity index (χ4n) is 2.35. The van der Waals surface area contributed by atoms with Crippen LogP contribution in [0.5, 0.6) is 0 Å². The molecule has 5 heteroatoms. The Morgan fingerprint density at radius 1 is 1.44 bits per heavy atom. The molecular weight excluding hydrogens is 234 g/mol. The summed E-state index contributed by atoms with van der Waals surface area (Å²) in [5, 5.41) is 9.38. The van der Waals surface area contributed by atoms with Gasteiger partial charge in [-0.3, -0.25) is 4.79 Å². The quantitative estimate of drug-likeness (QED) is 0.781. The minimum atomic E-state index is -0.767. The van der Waals surface area contributed by atoms with Gasteiger partial charge in [-0.1, -0.05) is 26.5 Å². The Labute approximate surface area is 107 Å². The minimum absolute atomic E-state index is 0.0568. The summed E-state index contributed by atoms with van der Waals surface area (Å²) in [4.78, 5) is 24.6. The molecule has 1 rings (SSSR count). The molecule has 0 radical (unpaired) electrons. The van der Waals surface area contributed by atoms with Crippen LogP contribution in [0.25, 0.3) is 0 Å². The Balaban J connectivity index is 2.61. The van der Waals surface area contributed by atoms with E-state index in [1.165, 1.54) is 6.08 Å². The third-order valence-electron chi connectivity index (χ3n) is 3.77. The summed E-state index contributed by atoms with van der Waals surface area (Å²) in [5.41, 5.74) is -0.713. The van der Waals surface area contributed by atoms with Crippen molar-refractivity contribution < 1.29 is 19.4 Å². The van der Waals surface area contributed by atoms with Crippen LogP contribution in [0.3, 0.4) is 0 Å². The number of piperidine rings is 1. The number of hydrogen-bond acceptors (Lipinski definition) is 3. The van der Waals surface area contributed by atoms with Crippen LogP contribution in [0.2, 0.25) is 0 Å². The van der Waals surface area contributed by atoms with Crippen molar-refractivity contribution in [1.29, 1.82) is 0 Å². The minimum Gasteiger partial charge on any atom is -0.481 e. The second kappa shape index (κ2) is 5.89. The van der Waals surface area contributed by atoms with Crippen molar-refractivity contribution in [3.8, 4) is 0 Å². The van der Waals surface area contributed by atoms with Crippen molar-refractivity contribution in [1.82, 2.24) is 4.90 Å². The van der Waals surface area contributed by atoms with Gasteiger partial charge in [-0.15, -0.1) is 0 Å². The van der Waals surface area contributed by atoms with E-state index in [2.05, 4.69) is 6.58 Å². The molecule has 5 nitrogen and oxygen atoms in total. The molecule has 1 N–H and O–H groups in total. The number of rotatable bonds is 4. The monoisotopic (exact) mass is 255 g/mol. The standard InChI is InChI=1S/C13H21NO4/c1-4-9-18-12(17)14-7-5-13(6-8-14,10(2)3)11(15)16/h4,10H,1,5-9H2,2-3H3,(H,15,16). The Morgan fingerprint density at radius 3 is 2.39 bits per heavy atom. The zero-order chi connectivity index (χ0) is 13.8. The van der Waals surface area contributed by atoms with Gasteiger partial charge in [-0.25, -0.2) is 4.79 Å². The summed E-state index contributed by atoms with van der Waals surface area (Å²) in [5.74, 6) is -0.710. The summed E-state index contributed by atoms with van der Waals surface area (Å²) < 4.78 is 4.94. The van der Waals surface area contributed by atoms with E-state index >= 15 is 0 Å². The molecular formula is C13H21NO4. The second-order valence-corrected chi connectivity index (χ2v) is 4.97. The summed E-state index contributed by atoms with van der Waals surface area (Å²) in [6, 6.07) is 0. The molecule has 0 aromatic carbocycles. The number of carbonyl (C=O) groups is 2. The van der Waals surface area contributed by atoms with E-state index in [1.807, 2.05) is 13.8 Å². The lowest BCUT2D eigenvalue weighted by Crippen LogP contribution is -2.49. The van der Waals surface area contributed by atoms with Gasteiger partial charge < -0.3 is 14.7 Å². The van der Waals surface area contributed by atoms with E-state index in [0.717, 1.165) is 0 Å². The maximum Gasteiger partial charge on any atom is 0.410 e. The number of likely N-dealkylation sites (tertiary alicyclic amines) is 1. The number of aliphatic carboxylic acids is 1. The van der Waals surface area contributed by atoms with E-state index in [1.54, 1.807) is 4.90 Å². The fraction of sp³-hybridized carbons (Fsp3) is 0.692. The van der Waals surface area contributed by atoms with Crippen molar-refractivity contribution >= 4 is 12.1 Å². The SMILES string of the molecule is C=CCOC(=O)N1CCC(C(=O)O)(C(C)C)CC1. The Hall–Kier alpha value is -1.52. The molecule has 1 aliphatic rings. The predicted molar refractivity (Wildman–Crippen MR) is 67.3 cm³/mol. The van der Waals surface area contributed by atoms with Crippen LogP contribution in [0, 0.1) is 11.3 Å². The highest BCUT2D eigenvalue weighted by Gasteiger charge is 2.44. The molecule has 1 aliphatic heterocycles. The third-order valence-corrected chi connectivity index (χ3v) is 3.77. The van der Waals surface area contributed by atoms with Crippen LogP contribution in [0.4, 0.5) is 4.79 Å². The number of carbonyl (C=O) groups excluding carboxylic acids is 1. The lowest BCUT2D eigenvalue weighted by atomic mass is 9.70. The van der Waals surface area contributed by atoms with E-state index in [0.29, 0.717) is 25.9 Å². The summed E-state index contributed by atoms with van der Waals surface area (Å²) in [6.45, 7) is 8.35. The molecule has 1 saturated heterocycles. The van der Waals surface area contributed by atoms with Crippen molar-refractivity contribution in [3.63, 3.8) is 0 Å². The van der Waals surface area contributed by atoms with Gasteiger partial charge in [0.1, 0.15) is 6.61 Å². The van der Waals surface area contributed by atoms with Gasteiger partial charge in [0.25, 0.3) is 0 Å². The van der Waals surface area contributed by atoms with Crippen molar-refractivity contribution in [3.05, 3.63) is 12.7 Å². The molecule has 0 spiro atoms. The predicted octanol–water partition coefficient (Wildman–Crippen LogP) is 2.13. The topological polar surface area (TPSA) is 66.8 Å². The van der Waals surface area contributed by atoms with Gasteiger partial charge >= 0.3 is 12.1 Å². The van der Waals surface area contributed by atoms with Gasteiger partial charge in [-0.05, 0) is 18.8 Å². The Kier molecular flexibility index (Phi) is 4.76. The first-order valence-electron chi connectivity index (χ1n) is 6.20. The number of carboxylic acids is 1. The smallest absolute Gasteiger partial charge is 0.410 e. The molecule has 0 atom stereocenters. The zero-order valence-electron chi connectivity index (χ0n) is 11.0. The molecule has 18 heavy (non-hydrogen) atoms. The van der Waals surface area contributed by atoms with E-state index in [-0.39, 0.29) is 12.5 Å². The normalized spacial score (nSPS) is 18.5. The summed E-state index contributed by atoms with van der Waals surface area (Å²) >= 11 is 0. The fourth-order valence-corrected chi connectivity index (χ4v) is 2.35. The Morgan fingerprint density at radius 2 is 2.00 bits per heavy atom.